The molecule has 0 aromatic heterocycles. The molecule has 0 radical (unpaired) electrons. The van der Waals surface area contributed by atoms with Gasteiger partial charge in [-0.1, -0.05) is 39.8 Å². The number of carboxylic acid groups (broad SMARTS) is 1. The Balaban J connectivity index is 2.50. The fourth-order valence-corrected chi connectivity index (χ4v) is 7.48. The smallest absolute Gasteiger partial charge is 0.336 e. The van der Waals surface area contributed by atoms with E-state index in [1.165, 1.54) is 19.3 Å². The van der Waals surface area contributed by atoms with Gasteiger partial charge in [0.1, 0.15) is 12.2 Å². The number of esters is 3. The Morgan fingerprint density at radius 2 is 1.22 bits per heavy atom. The first kappa shape index (κ1) is 38.7. The second-order valence-electron chi connectivity index (χ2n) is 13.0. The number of ether oxygens (including phenoxy) is 3. The molecular formula is C32H49ClO12. The van der Waals surface area contributed by atoms with Crippen LogP contribution in [0.3, 0.4) is 0 Å². The summed E-state index contributed by atoms with van der Waals surface area (Å²) >= 11 is 6.11. The Bertz CT molecular complexity index is 1130. The minimum atomic E-state index is -1.98. The Labute approximate surface area is 269 Å². The van der Waals surface area contributed by atoms with Gasteiger partial charge >= 0.3 is 23.9 Å². The second-order valence-corrected chi connectivity index (χ2v) is 13.2. The highest BCUT2D eigenvalue weighted by Gasteiger charge is 2.54. The van der Waals surface area contributed by atoms with E-state index in [0.717, 1.165) is 7.11 Å². The van der Waals surface area contributed by atoms with Crippen molar-refractivity contribution in [2.45, 2.75) is 64.6 Å². The molecule has 5 N–H and O–H groups in total. The number of allylic oxidation sites excluding steroid dienone is 2. The van der Waals surface area contributed by atoms with Gasteiger partial charge in [-0.2, -0.15) is 0 Å². The molecule has 0 amide bonds. The molecule has 0 saturated heterocycles. The number of hydrogen-bond acceptors (Lipinski definition) is 11. The first-order chi connectivity index (χ1) is 21.0. The lowest BCUT2D eigenvalue weighted by Crippen LogP contribution is -2.55. The van der Waals surface area contributed by atoms with E-state index in [0.29, 0.717) is 12.8 Å². The predicted octanol–water partition coefficient (Wildman–Crippen LogP) is 2.10. The van der Waals surface area contributed by atoms with Gasteiger partial charge in [0, 0.05) is 0 Å². The van der Waals surface area contributed by atoms with Gasteiger partial charge in [-0.15, -0.1) is 11.6 Å². The summed E-state index contributed by atoms with van der Waals surface area (Å²) in [5.74, 6) is -8.77. The number of carbonyl (C=O) groups excluding carboxylic acids is 3. The molecule has 0 heterocycles. The molecule has 256 valence electrons. The number of aliphatic hydroxyl groups is 4. The van der Waals surface area contributed by atoms with Gasteiger partial charge in [-0.25, -0.2) is 9.59 Å². The lowest BCUT2D eigenvalue weighted by Gasteiger charge is -2.47. The highest BCUT2D eigenvalue weighted by atomic mass is 35.5. The summed E-state index contributed by atoms with van der Waals surface area (Å²) in [6.07, 6.45) is 3.74. The van der Waals surface area contributed by atoms with Crippen LogP contribution in [0.15, 0.2) is 23.3 Å². The molecule has 0 aromatic rings. The molecule has 2 rings (SSSR count). The average Bonchev–Trinajstić information content (AvgIpc) is 2.99. The van der Waals surface area contributed by atoms with Crippen LogP contribution in [0.1, 0.15) is 53.4 Å². The van der Waals surface area contributed by atoms with E-state index >= 15 is 0 Å². The van der Waals surface area contributed by atoms with Crippen molar-refractivity contribution in [1.82, 2.24) is 0 Å². The lowest BCUT2D eigenvalue weighted by molar-refractivity contribution is -0.181. The number of halogens is 1. The van der Waals surface area contributed by atoms with E-state index in [4.69, 9.17) is 25.8 Å². The fraction of sp³-hybridized carbons (Fsp3) is 0.750. The zero-order valence-electron chi connectivity index (χ0n) is 26.9. The Morgan fingerprint density at radius 1 is 0.800 bits per heavy atom. The Kier molecular flexibility index (Phi) is 14.1. The molecular weight excluding hydrogens is 612 g/mol. The minimum Gasteiger partial charge on any atom is -0.478 e. The van der Waals surface area contributed by atoms with E-state index in [1.54, 1.807) is 0 Å². The van der Waals surface area contributed by atoms with Gasteiger partial charge in [0.2, 0.25) is 0 Å². The van der Waals surface area contributed by atoms with Crippen LogP contribution in [0.5, 0.6) is 0 Å². The van der Waals surface area contributed by atoms with Gasteiger partial charge in [0.15, 0.2) is 0 Å². The van der Waals surface area contributed by atoms with Crippen molar-refractivity contribution in [1.29, 1.82) is 0 Å². The van der Waals surface area contributed by atoms with Crippen LogP contribution in [0, 0.1) is 47.3 Å². The molecule has 1 unspecified atom stereocenters. The Hall–Kier alpha value is -2.51. The van der Waals surface area contributed by atoms with Gasteiger partial charge in [0.05, 0.1) is 61.9 Å². The van der Waals surface area contributed by atoms with E-state index < -0.39 is 78.6 Å². The Morgan fingerprint density at radius 3 is 1.60 bits per heavy atom. The van der Waals surface area contributed by atoms with Crippen LogP contribution in [-0.4, -0.2) is 101 Å². The quantitative estimate of drug-likeness (QED) is 0.0836. The number of methoxy groups -OCH3 is 2. The van der Waals surface area contributed by atoms with E-state index in [1.807, 2.05) is 27.7 Å². The maximum Gasteiger partial charge on any atom is 0.336 e. The average molecular weight is 661 g/mol. The number of aliphatic hydroxyl groups excluding tert-OH is 2. The predicted molar refractivity (Wildman–Crippen MR) is 163 cm³/mol. The summed E-state index contributed by atoms with van der Waals surface area (Å²) in [6.45, 7) is 5.39. The molecule has 13 heteroatoms. The van der Waals surface area contributed by atoms with Crippen LogP contribution in [-0.2, 0) is 33.4 Å². The third-order valence-corrected chi connectivity index (χ3v) is 10.2. The monoisotopic (exact) mass is 660 g/mol. The molecule has 45 heavy (non-hydrogen) atoms. The molecule has 0 aromatic carbocycles. The van der Waals surface area contributed by atoms with Crippen molar-refractivity contribution in [2.24, 2.45) is 47.3 Å². The highest BCUT2D eigenvalue weighted by molar-refractivity contribution is 6.18. The zero-order chi connectivity index (χ0) is 34.3. The fourth-order valence-electron chi connectivity index (χ4n) is 7.18. The third kappa shape index (κ3) is 8.65. The van der Waals surface area contributed by atoms with Gasteiger partial charge in [-0.05, 0) is 61.2 Å². The first-order valence-corrected chi connectivity index (χ1v) is 15.8. The van der Waals surface area contributed by atoms with Crippen molar-refractivity contribution >= 4 is 35.5 Å². The summed E-state index contributed by atoms with van der Waals surface area (Å²) < 4.78 is 15.5. The number of alkyl halides is 1. The third-order valence-electron chi connectivity index (χ3n) is 9.71. The number of rotatable bonds is 13. The highest BCUT2D eigenvalue weighted by Crippen LogP contribution is 2.48. The van der Waals surface area contributed by atoms with Gasteiger partial charge in [-0.3, -0.25) is 9.59 Å². The minimum absolute atomic E-state index is 0.0121. The molecule has 12 nitrogen and oxygen atoms in total. The van der Waals surface area contributed by atoms with E-state index in [9.17, 15) is 44.7 Å². The second kappa shape index (κ2) is 16.4. The normalized spacial score (nSPS) is 32.7. The van der Waals surface area contributed by atoms with Gasteiger partial charge in [0.25, 0.3) is 0 Å². The largest absolute Gasteiger partial charge is 0.478 e. The molecule has 2 aliphatic carbocycles. The van der Waals surface area contributed by atoms with Gasteiger partial charge < -0.3 is 39.7 Å². The molecule has 0 spiro atoms. The molecule has 2 aliphatic rings. The SMILES string of the molecule is COC(=O)C1[C@H](/C=C(\CO)C(=O)O)[C@@H](C(C)C)CC[C@@]1(O)COC(=O)/C(=C/[C@@H]1[C@@H](C(C)C)CC[C@@](O)(CCl)[C@H]1C(=O)OC)CO. The van der Waals surface area contributed by atoms with Crippen LogP contribution in [0.2, 0.25) is 0 Å². The summed E-state index contributed by atoms with van der Waals surface area (Å²) in [4.78, 5) is 51.2. The van der Waals surface area contributed by atoms with Crippen LogP contribution < -0.4 is 0 Å². The molecule has 8 atom stereocenters. The number of hydrogen-bond donors (Lipinski definition) is 5. The molecule has 0 bridgehead atoms. The summed E-state index contributed by atoms with van der Waals surface area (Å²) in [5.41, 5.74) is -4.17. The van der Waals surface area contributed by atoms with Crippen molar-refractivity contribution in [3.63, 3.8) is 0 Å². The van der Waals surface area contributed by atoms with Crippen molar-refractivity contribution in [3.8, 4) is 0 Å². The van der Waals surface area contributed by atoms with E-state index in [2.05, 4.69) is 0 Å². The summed E-state index contributed by atoms with van der Waals surface area (Å²) in [7, 11) is 2.31. The maximum atomic E-state index is 13.4. The molecule has 2 fully saturated rings. The number of carboxylic acids is 1. The molecule has 0 aliphatic heterocycles. The first-order valence-electron chi connectivity index (χ1n) is 15.3. The zero-order valence-corrected chi connectivity index (χ0v) is 27.7. The van der Waals surface area contributed by atoms with Crippen molar-refractivity contribution in [3.05, 3.63) is 23.3 Å². The standard InChI is InChI=1S/C32H49ClO12/c1-17(2)21-7-9-31(41,15-33)25(29(39)43-5)24(21)12-20(14-35)28(38)45-16-32(42)10-8-22(18(3)4)23(26(32)30(40)44-6)11-19(13-34)27(36)37/h11-12,17-18,21-26,34-35,41-42H,7-10,13-16H2,1-6H3,(H,36,37)/b19-11+,20-12+/t21-,22-,23-,24-,25-,26?,31-,32-/m1/s1. The van der Waals surface area contributed by atoms with Crippen LogP contribution >= 0.6 is 11.6 Å². The molecule has 2 saturated carbocycles. The lowest BCUT2D eigenvalue weighted by atomic mass is 9.61. The number of carbonyl (C=O) groups is 4. The van der Waals surface area contributed by atoms with Crippen molar-refractivity contribution in [2.75, 3.05) is 39.9 Å². The summed E-state index contributed by atoms with van der Waals surface area (Å²) in [6, 6.07) is 0. The maximum absolute atomic E-state index is 13.4. The van der Waals surface area contributed by atoms with Crippen LogP contribution in [0.25, 0.3) is 0 Å². The number of aliphatic carboxylic acids is 1. The topological polar surface area (TPSA) is 197 Å². The summed E-state index contributed by atoms with van der Waals surface area (Å²) in [5, 5.41) is 52.5. The van der Waals surface area contributed by atoms with E-state index in [-0.39, 0.29) is 53.5 Å². The van der Waals surface area contributed by atoms with Crippen molar-refractivity contribution < 1.29 is 58.9 Å². The van der Waals surface area contributed by atoms with Crippen LogP contribution in [0.4, 0.5) is 0 Å².